The van der Waals surface area contributed by atoms with Gasteiger partial charge in [0.05, 0.1) is 0 Å². The number of benzene rings is 2. The molecule has 0 aliphatic carbocycles. The molecule has 0 heterocycles. The Kier molecular flexibility index (Phi) is 4.37. The van der Waals surface area contributed by atoms with Gasteiger partial charge in [0.2, 0.25) is 0 Å². The molecule has 100 valence electrons. The highest BCUT2D eigenvalue weighted by Crippen LogP contribution is 2.25. The molecule has 0 atom stereocenters. The number of aromatic hydroxyl groups is 1. The second kappa shape index (κ2) is 6.02. The maximum atomic E-state index is 13.6. The Morgan fingerprint density at radius 2 is 1.74 bits per heavy atom. The Balaban J connectivity index is 2.16. The van der Waals surface area contributed by atoms with Crippen LogP contribution in [0.25, 0.3) is 0 Å². The van der Waals surface area contributed by atoms with Crippen molar-refractivity contribution in [3.63, 3.8) is 0 Å². The van der Waals surface area contributed by atoms with Crippen LogP contribution in [0, 0.1) is 11.6 Å². The van der Waals surface area contributed by atoms with Gasteiger partial charge in [-0.15, -0.1) is 0 Å². The summed E-state index contributed by atoms with van der Waals surface area (Å²) in [5, 5.41) is 9.65. The minimum atomic E-state index is -0.741. The van der Waals surface area contributed by atoms with Crippen molar-refractivity contribution in [3.05, 3.63) is 59.2 Å². The number of rotatable bonds is 4. The van der Waals surface area contributed by atoms with Crippen LogP contribution in [0.1, 0.15) is 11.1 Å². The first-order valence-electron chi connectivity index (χ1n) is 5.54. The lowest BCUT2D eigenvalue weighted by Gasteiger charge is -2.09. The summed E-state index contributed by atoms with van der Waals surface area (Å²) in [4.78, 5) is 0. The lowest BCUT2D eigenvalue weighted by Crippen LogP contribution is -2.00. The first kappa shape index (κ1) is 13.8. The fourth-order valence-electron chi connectivity index (χ4n) is 1.63. The van der Waals surface area contributed by atoms with E-state index in [-0.39, 0.29) is 12.4 Å². The topological polar surface area (TPSA) is 29.5 Å². The van der Waals surface area contributed by atoms with Crippen molar-refractivity contribution in [1.29, 1.82) is 0 Å². The zero-order chi connectivity index (χ0) is 13.8. The van der Waals surface area contributed by atoms with Gasteiger partial charge in [-0.1, -0.05) is 28.1 Å². The number of phenolic OH excluding ortho intramolecular Hbond substituents is 1. The minimum absolute atomic E-state index is 0.0180. The van der Waals surface area contributed by atoms with Crippen LogP contribution in [-0.2, 0) is 11.9 Å². The van der Waals surface area contributed by atoms with E-state index in [1.807, 2.05) is 0 Å². The fraction of sp³-hybridized carbons (Fsp3) is 0.143. The zero-order valence-corrected chi connectivity index (χ0v) is 11.5. The number of alkyl halides is 1. The van der Waals surface area contributed by atoms with Crippen LogP contribution in [0.4, 0.5) is 8.78 Å². The van der Waals surface area contributed by atoms with Gasteiger partial charge in [-0.3, -0.25) is 0 Å². The molecule has 0 amide bonds. The molecule has 0 aromatic heterocycles. The number of halogens is 3. The summed E-state index contributed by atoms with van der Waals surface area (Å²) in [6, 6.07) is 8.75. The molecule has 19 heavy (non-hydrogen) atoms. The first-order chi connectivity index (χ1) is 9.10. The highest BCUT2D eigenvalue weighted by Gasteiger charge is 2.12. The van der Waals surface area contributed by atoms with Crippen molar-refractivity contribution in [2.45, 2.75) is 11.9 Å². The molecule has 2 rings (SSSR count). The normalized spacial score (nSPS) is 10.5. The van der Waals surface area contributed by atoms with E-state index >= 15 is 0 Å². The summed E-state index contributed by atoms with van der Waals surface area (Å²) in [6.07, 6.45) is 0. The van der Waals surface area contributed by atoms with Crippen LogP contribution < -0.4 is 4.74 Å². The highest BCUT2D eigenvalue weighted by atomic mass is 79.9. The summed E-state index contributed by atoms with van der Waals surface area (Å²) in [6.45, 7) is -0.0180. The molecule has 5 heteroatoms. The largest absolute Gasteiger partial charge is 0.508 e. The van der Waals surface area contributed by atoms with E-state index in [1.165, 1.54) is 24.3 Å². The number of ether oxygens (including phenoxy) is 1. The third-order valence-corrected chi connectivity index (χ3v) is 3.15. The Morgan fingerprint density at radius 3 is 2.32 bits per heavy atom. The summed E-state index contributed by atoms with van der Waals surface area (Å²) in [7, 11) is 0. The van der Waals surface area contributed by atoms with Crippen molar-refractivity contribution in [2.24, 2.45) is 0 Å². The van der Waals surface area contributed by atoms with Crippen LogP contribution in [-0.4, -0.2) is 5.11 Å². The van der Waals surface area contributed by atoms with E-state index in [4.69, 9.17) is 4.74 Å². The second-order valence-corrected chi connectivity index (χ2v) is 4.54. The van der Waals surface area contributed by atoms with Gasteiger partial charge in [0, 0.05) is 5.33 Å². The molecule has 1 N–H and O–H groups in total. The first-order valence-corrected chi connectivity index (χ1v) is 6.67. The fourth-order valence-corrected chi connectivity index (χ4v) is 1.95. The summed E-state index contributed by atoms with van der Waals surface area (Å²) < 4.78 is 32.4. The zero-order valence-electron chi connectivity index (χ0n) is 9.87. The SMILES string of the molecule is Oc1cccc(COc2c(F)cc(CBr)cc2F)c1. The summed E-state index contributed by atoms with van der Waals surface area (Å²) in [5.74, 6) is -1.81. The molecule has 0 saturated carbocycles. The Hall–Kier alpha value is -1.62. The van der Waals surface area contributed by atoms with Gasteiger partial charge in [-0.2, -0.15) is 0 Å². The highest BCUT2D eigenvalue weighted by molar-refractivity contribution is 9.08. The number of hydrogen-bond donors (Lipinski definition) is 1. The minimum Gasteiger partial charge on any atom is -0.508 e. The van der Waals surface area contributed by atoms with Crippen LogP contribution in [0.15, 0.2) is 36.4 Å². The van der Waals surface area contributed by atoms with Crippen molar-refractivity contribution >= 4 is 15.9 Å². The quantitative estimate of drug-likeness (QED) is 0.854. The number of phenols is 1. The monoisotopic (exact) mass is 328 g/mol. The molecule has 0 unspecified atom stereocenters. The number of hydrogen-bond acceptors (Lipinski definition) is 2. The maximum Gasteiger partial charge on any atom is 0.191 e. The van der Waals surface area contributed by atoms with E-state index in [1.54, 1.807) is 12.1 Å². The predicted octanol–water partition coefficient (Wildman–Crippen LogP) is 4.14. The summed E-state index contributed by atoms with van der Waals surface area (Å²) >= 11 is 3.13. The van der Waals surface area contributed by atoms with Gasteiger partial charge < -0.3 is 9.84 Å². The molecule has 0 saturated heterocycles. The summed E-state index contributed by atoms with van der Waals surface area (Å²) in [5.41, 5.74) is 1.13. The van der Waals surface area contributed by atoms with Gasteiger partial charge >= 0.3 is 0 Å². The molecule has 2 aromatic carbocycles. The molecule has 0 bridgehead atoms. The van der Waals surface area contributed by atoms with Gasteiger partial charge in [-0.05, 0) is 35.4 Å². The Labute approximate surface area is 117 Å². The van der Waals surface area contributed by atoms with Crippen LogP contribution in [0.3, 0.4) is 0 Å². The van der Waals surface area contributed by atoms with E-state index in [2.05, 4.69) is 15.9 Å². The smallest absolute Gasteiger partial charge is 0.191 e. The van der Waals surface area contributed by atoms with E-state index in [0.29, 0.717) is 16.5 Å². The third-order valence-electron chi connectivity index (χ3n) is 2.51. The molecule has 2 aromatic rings. The van der Waals surface area contributed by atoms with Crippen LogP contribution >= 0.6 is 15.9 Å². The van der Waals surface area contributed by atoms with Gasteiger partial charge in [-0.25, -0.2) is 8.78 Å². The third kappa shape index (κ3) is 3.44. The van der Waals surface area contributed by atoms with Crippen LogP contribution in [0.5, 0.6) is 11.5 Å². The van der Waals surface area contributed by atoms with E-state index in [9.17, 15) is 13.9 Å². The van der Waals surface area contributed by atoms with Crippen molar-refractivity contribution in [3.8, 4) is 11.5 Å². The Morgan fingerprint density at radius 1 is 1.05 bits per heavy atom. The Bertz CT molecular complexity index is 564. The molecule has 0 radical (unpaired) electrons. The van der Waals surface area contributed by atoms with E-state index in [0.717, 1.165) is 0 Å². The lowest BCUT2D eigenvalue weighted by molar-refractivity contribution is 0.273. The molecule has 2 nitrogen and oxygen atoms in total. The van der Waals surface area contributed by atoms with Crippen molar-refractivity contribution in [1.82, 2.24) is 0 Å². The van der Waals surface area contributed by atoms with Crippen molar-refractivity contribution < 1.29 is 18.6 Å². The average molecular weight is 329 g/mol. The molecule has 0 spiro atoms. The standard InChI is InChI=1S/C14H11BrF2O2/c15-7-10-5-12(16)14(13(17)6-10)19-8-9-2-1-3-11(18)4-9/h1-6,18H,7-8H2. The lowest BCUT2D eigenvalue weighted by atomic mass is 10.2. The molecular weight excluding hydrogens is 318 g/mol. The average Bonchev–Trinajstić information content (AvgIpc) is 2.37. The molecule has 0 fully saturated rings. The predicted molar refractivity (Wildman–Crippen MR) is 71.4 cm³/mol. The molecule has 0 aliphatic heterocycles. The van der Waals surface area contributed by atoms with Gasteiger partial charge in [0.1, 0.15) is 12.4 Å². The van der Waals surface area contributed by atoms with Gasteiger partial charge in [0.25, 0.3) is 0 Å². The van der Waals surface area contributed by atoms with Crippen molar-refractivity contribution in [2.75, 3.05) is 0 Å². The second-order valence-electron chi connectivity index (χ2n) is 3.98. The molecular formula is C14H11BrF2O2. The van der Waals surface area contributed by atoms with E-state index < -0.39 is 17.4 Å². The maximum absolute atomic E-state index is 13.6. The van der Waals surface area contributed by atoms with Crippen LogP contribution in [0.2, 0.25) is 0 Å². The molecule has 0 aliphatic rings. The van der Waals surface area contributed by atoms with Gasteiger partial charge in [0.15, 0.2) is 17.4 Å².